The van der Waals surface area contributed by atoms with Crippen molar-refractivity contribution in [2.24, 2.45) is 0 Å². The van der Waals surface area contributed by atoms with E-state index in [0.29, 0.717) is 18.1 Å². The molecule has 1 heterocycles. The van der Waals surface area contributed by atoms with Gasteiger partial charge in [0, 0.05) is 15.7 Å². The Morgan fingerprint density at radius 2 is 1.96 bits per heavy atom. The first-order valence-corrected chi connectivity index (χ1v) is 8.85. The van der Waals surface area contributed by atoms with Crippen LogP contribution in [0.4, 0.5) is 5.69 Å². The zero-order valence-electron chi connectivity index (χ0n) is 13.3. The van der Waals surface area contributed by atoms with Crippen molar-refractivity contribution in [1.29, 1.82) is 0 Å². The second kappa shape index (κ2) is 6.95. The Balaban J connectivity index is 2.05. The molecule has 5 heteroatoms. The largest absolute Gasteiger partial charge is 0.306 e. The van der Waals surface area contributed by atoms with Crippen LogP contribution >= 0.6 is 23.4 Å². The maximum Gasteiger partial charge on any atom is 0.241 e. The van der Waals surface area contributed by atoms with E-state index in [1.54, 1.807) is 11.8 Å². The van der Waals surface area contributed by atoms with Gasteiger partial charge in [0.25, 0.3) is 0 Å². The number of likely N-dealkylation sites (N-methyl/N-ethyl adjacent to an activating group) is 1. The monoisotopic (exact) mass is 346 g/mol. The Bertz CT molecular complexity index is 733. The van der Waals surface area contributed by atoms with Gasteiger partial charge in [0.2, 0.25) is 5.91 Å². The van der Waals surface area contributed by atoms with Crippen LogP contribution in [0.1, 0.15) is 11.1 Å². The summed E-state index contributed by atoms with van der Waals surface area (Å²) >= 11 is 7.94. The quantitative estimate of drug-likeness (QED) is 0.820. The lowest BCUT2D eigenvalue weighted by Crippen LogP contribution is -2.38. The lowest BCUT2D eigenvalue weighted by Gasteiger charge is -2.29. The van der Waals surface area contributed by atoms with Crippen LogP contribution in [0, 0.1) is 0 Å². The van der Waals surface area contributed by atoms with E-state index in [2.05, 4.69) is 18.2 Å². The predicted octanol–water partition coefficient (Wildman–Crippen LogP) is 4.04. The molecule has 0 fully saturated rings. The summed E-state index contributed by atoms with van der Waals surface area (Å²) in [6.45, 7) is 0.954. The van der Waals surface area contributed by atoms with Crippen molar-refractivity contribution < 1.29 is 4.79 Å². The Morgan fingerprint density at radius 1 is 1.22 bits per heavy atom. The Labute approximate surface area is 146 Å². The summed E-state index contributed by atoms with van der Waals surface area (Å²) in [6.07, 6.45) is 0. The maximum atomic E-state index is 12.8. The minimum Gasteiger partial charge on any atom is -0.306 e. The van der Waals surface area contributed by atoms with Crippen molar-refractivity contribution in [1.82, 2.24) is 4.90 Å². The van der Waals surface area contributed by atoms with Gasteiger partial charge in [-0.3, -0.25) is 4.79 Å². The standard InChI is InChI=1S/C18H19ClN2OS/c1-20(2)11-18(22)21-10-13-5-3-4-6-14(13)12-23-17-8-7-15(19)9-16(17)21/h3-9H,10-12H2,1-2H3. The van der Waals surface area contributed by atoms with E-state index in [0.717, 1.165) is 16.3 Å². The number of carbonyl (C=O) groups is 1. The molecular weight excluding hydrogens is 328 g/mol. The number of rotatable bonds is 2. The second-order valence-corrected chi connectivity index (χ2v) is 7.34. The summed E-state index contributed by atoms with van der Waals surface area (Å²) in [7, 11) is 3.81. The molecule has 0 saturated heterocycles. The first kappa shape index (κ1) is 16.4. The third-order valence-electron chi connectivity index (χ3n) is 3.79. The molecule has 0 aromatic heterocycles. The van der Waals surface area contributed by atoms with Crippen molar-refractivity contribution in [3.63, 3.8) is 0 Å². The molecular formula is C18H19ClN2OS. The lowest BCUT2D eigenvalue weighted by atomic mass is 10.1. The molecule has 2 aromatic rings. The van der Waals surface area contributed by atoms with Gasteiger partial charge in [0.05, 0.1) is 18.8 Å². The fourth-order valence-corrected chi connectivity index (χ4v) is 3.91. The van der Waals surface area contributed by atoms with E-state index in [1.807, 2.05) is 48.2 Å². The van der Waals surface area contributed by atoms with Crippen molar-refractivity contribution in [2.45, 2.75) is 17.2 Å². The summed E-state index contributed by atoms with van der Waals surface area (Å²) < 4.78 is 0. The number of amides is 1. The van der Waals surface area contributed by atoms with Crippen LogP contribution in [-0.4, -0.2) is 31.4 Å². The van der Waals surface area contributed by atoms with Crippen LogP contribution in [0.15, 0.2) is 47.4 Å². The fraction of sp³-hybridized carbons (Fsp3) is 0.278. The minimum atomic E-state index is 0.0795. The zero-order valence-corrected chi connectivity index (χ0v) is 14.8. The first-order valence-electron chi connectivity index (χ1n) is 7.49. The van der Waals surface area contributed by atoms with Gasteiger partial charge in [-0.2, -0.15) is 0 Å². The highest BCUT2D eigenvalue weighted by atomic mass is 35.5. The molecule has 0 N–H and O–H groups in total. The summed E-state index contributed by atoms with van der Waals surface area (Å²) in [5.41, 5.74) is 3.38. The van der Waals surface area contributed by atoms with E-state index >= 15 is 0 Å². The molecule has 0 bridgehead atoms. The molecule has 0 atom stereocenters. The Morgan fingerprint density at radius 3 is 2.70 bits per heavy atom. The van der Waals surface area contributed by atoms with Crippen LogP contribution in [0.25, 0.3) is 0 Å². The third-order valence-corrected chi connectivity index (χ3v) is 5.14. The summed E-state index contributed by atoms with van der Waals surface area (Å²) in [5, 5.41) is 0.654. The molecule has 0 aliphatic carbocycles. The van der Waals surface area contributed by atoms with E-state index < -0.39 is 0 Å². The average molecular weight is 347 g/mol. The molecule has 0 radical (unpaired) electrons. The van der Waals surface area contributed by atoms with Crippen molar-refractivity contribution >= 4 is 35.0 Å². The van der Waals surface area contributed by atoms with Crippen LogP contribution in [0.5, 0.6) is 0 Å². The van der Waals surface area contributed by atoms with Crippen LogP contribution < -0.4 is 4.90 Å². The molecule has 3 nitrogen and oxygen atoms in total. The molecule has 0 saturated carbocycles. The summed E-state index contributed by atoms with van der Waals surface area (Å²) in [5.74, 6) is 0.983. The first-order chi connectivity index (χ1) is 11.0. The summed E-state index contributed by atoms with van der Waals surface area (Å²) in [4.78, 5) is 17.6. The number of nitrogens with zero attached hydrogens (tertiary/aromatic N) is 2. The molecule has 1 amide bonds. The number of benzene rings is 2. The van der Waals surface area contributed by atoms with Gasteiger partial charge < -0.3 is 9.80 Å². The normalized spacial score (nSPS) is 14.0. The molecule has 1 aliphatic rings. The molecule has 0 unspecified atom stereocenters. The van der Waals surface area contributed by atoms with Gasteiger partial charge in [-0.1, -0.05) is 35.9 Å². The van der Waals surface area contributed by atoms with Crippen molar-refractivity contribution in [3.05, 3.63) is 58.6 Å². The highest BCUT2D eigenvalue weighted by Gasteiger charge is 2.23. The van der Waals surface area contributed by atoms with E-state index in [4.69, 9.17) is 11.6 Å². The lowest BCUT2D eigenvalue weighted by molar-refractivity contribution is -0.119. The van der Waals surface area contributed by atoms with Crippen molar-refractivity contribution in [2.75, 3.05) is 25.5 Å². The molecule has 120 valence electrons. The van der Waals surface area contributed by atoms with Crippen LogP contribution in [0.3, 0.4) is 0 Å². The Kier molecular flexibility index (Phi) is 4.95. The third kappa shape index (κ3) is 3.71. The molecule has 0 spiro atoms. The van der Waals surface area contributed by atoms with Gasteiger partial charge in [-0.15, -0.1) is 11.8 Å². The van der Waals surface area contributed by atoms with Gasteiger partial charge in [0.1, 0.15) is 0 Å². The highest BCUT2D eigenvalue weighted by molar-refractivity contribution is 7.98. The SMILES string of the molecule is CN(C)CC(=O)N1Cc2ccccc2CSc2ccc(Cl)cc21. The van der Waals surface area contributed by atoms with E-state index in [-0.39, 0.29) is 5.91 Å². The van der Waals surface area contributed by atoms with Crippen LogP contribution in [-0.2, 0) is 17.1 Å². The zero-order chi connectivity index (χ0) is 16.4. The van der Waals surface area contributed by atoms with E-state index in [1.165, 1.54) is 11.1 Å². The van der Waals surface area contributed by atoms with Gasteiger partial charge in [0.15, 0.2) is 0 Å². The smallest absolute Gasteiger partial charge is 0.241 e. The average Bonchev–Trinajstić information content (AvgIpc) is 2.49. The van der Waals surface area contributed by atoms with E-state index in [9.17, 15) is 4.79 Å². The predicted molar refractivity (Wildman–Crippen MR) is 97.2 cm³/mol. The number of carbonyl (C=O) groups excluding carboxylic acids is 1. The molecule has 23 heavy (non-hydrogen) atoms. The number of halogens is 1. The number of fused-ring (bicyclic) bond motifs is 2. The topological polar surface area (TPSA) is 23.6 Å². The number of anilines is 1. The summed E-state index contributed by atoms with van der Waals surface area (Å²) in [6, 6.07) is 14.1. The van der Waals surface area contributed by atoms with Crippen LogP contribution in [0.2, 0.25) is 5.02 Å². The number of hydrogen-bond donors (Lipinski definition) is 0. The van der Waals surface area contributed by atoms with Gasteiger partial charge in [-0.25, -0.2) is 0 Å². The van der Waals surface area contributed by atoms with Gasteiger partial charge in [-0.05, 0) is 43.4 Å². The minimum absolute atomic E-state index is 0.0795. The molecule has 3 rings (SSSR count). The van der Waals surface area contributed by atoms with Crippen molar-refractivity contribution in [3.8, 4) is 0 Å². The molecule has 2 aromatic carbocycles. The fourth-order valence-electron chi connectivity index (χ4n) is 2.67. The Hall–Kier alpha value is -1.49. The second-order valence-electron chi connectivity index (χ2n) is 5.89. The molecule has 1 aliphatic heterocycles. The highest BCUT2D eigenvalue weighted by Crippen LogP contribution is 2.38. The maximum absolute atomic E-state index is 12.8. The number of thioether (sulfide) groups is 1. The van der Waals surface area contributed by atoms with Gasteiger partial charge >= 0.3 is 0 Å². The number of hydrogen-bond acceptors (Lipinski definition) is 3.